The molecule has 7 nitrogen and oxygen atoms in total. The van der Waals surface area contributed by atoms with E-state index in [0.717, 1.165) is 28.4 Å². The highest BCUT2D eigenvalue weighted by Gasteiger charge is 2.12. The summed E-state index contributed by atoms with van der Waals surface area (Å²) in [6, 6.07) is 6.05. The van der Waals surface area contributed by atoms with E-state index in [2.05, 4.69) is 31.6 Å². The summed E-state index contributed by atoms with van der Waals surface area (Å²) in [5, 5.41) is 14.0. The number of hydrogen-bond donors (Lipinski definition) is 1. The molecule has 0 bridgehead atoms. The van der Waals surface area contributed by atoms with Gasteiger partial charge in [-0.3, -0.25) is 0 Å². The van der Waals surface area contributed by atoms with E-state index in [4.69, 9.17) is 4.52 Å². The first-order valence-corrected chi connectivity index (χ1v) is 8.89. The van der Waals surface area contributed by atoms with Crippen molar-refractivity contribution in [3.63, 3.8) is 0 Å². The molecule has 0 aliphatic rings. The van der Waals surface area contributed by atoms with E-state index in [0.29, 0.717) is 24.7 Å². The number of rotatable bonds is 5. The normalized spacial score (nSPS) is 11.3. The maximum absolute atomic E-state index is 5.34. The van der Waals surface area contributed by atoms with Crippen molar-refractivity contribution in [2.45, 2.75) is 33.7 Å². The molecular formula is C17H18N6OS. The summed E-state index contributed by atoms with van der Waals surface area (Å²) >= 11 is 1.69. The van der Waals surface area contributed by atoms with Crippen LogP contribution in [0.15, 0.2) is 28.1 Å². The van der Waals surface area contributed by atoms with Crippen molar-refractivity contribution in [3.05, 3.63) is 57.1 Å². The first-order chi connectivity index (χ1) is 12.1. The number of nitrogens with one attached hydrogen (secondary N) is 1. The van der Waals surface area contributed by atoms with Crippen molar-refractivity contribution in [1.29, 1.82) is 0 Å². The van der Waals surface area contributed by atoms with Gasteiger partial charge >= 0.3 is 0 Å². The second-order valence-electron chi connectivity index (χ2n) is 5.94. The molecular weight excluding hydrogens is 336 g/mol. The van der Waals surface area contributed by atoms with Crippen LogP contribution < -0.4 is 5.32 Å². The van der Waals surface area contributed by atoms with E-state index in [-0.39, 0.29) is 0 Å². The largest absolute Gasteiger partial charge is 0.361 e. The third-order valence-corrected chi connectivity index (χ3v) is 4.90. The van der Waals surface area contributed by atoms with Crippen molar-refractivity contribution in [3.8, 4) is 0 Å². The predicted molar refractivity (Wildman–Crippen MR) is 95.9 cm³/mol. The van der Waals surface area contributed by atoms with Crippen molar-refractivity contribution in [2.75, 3.05) is 5.32 Å². The summed E-state index contributed by atoms with van der Waals surface area (Å²) in [5.41, 5.74) is 3.85. The van der Waals surface area contributed by atoms with Crippen LogP contribution in [0.2, 0.25) is 0 Å². The van der Waals surface area contributed by atoms with Gasteiger partial charge < -0.3 is 9.84 Å². The second kappa shape index (κ2) is 6.29. The van der Waals surface area contributed by atoms with Gasteiger partial charge in [0.05, 0.1) is 12.2 Å². The monoisotopic (exact) mass is 354 g/mol. The molecule has 0 aliphatic heterocycles. The Morgan fingerprint density at radius 3 is 2.92 bits per heavy atom. The number of aromatic nitrogens is 5. The molecule has 4 heterocycles. The summed E-state index contributed by atoms with van der Waals surface area (Å²) in [6.45, 7) is 6.42. The number of hydrogen-bond acceptors (Lipinski definition) is 7. The molecule has 0 spiro atoms. The van der Waals surface area contributed by atoms with E-state index in [1.807, 2.05) is 42.8 Å². The first kappa shape index (κ1) is 15.8. The number of nitrogens with zero attached hydrogens (tertiary/aromatic N) is 5. The van der Waals surface area contributed by atoms with Gasteiger partial charge in [0.2, 0.25) is 5.89 Å². The van der Waals surface area contributed by atoms with Crippen molar-refractivity contribution in [1.82, 2.24) is 24.7 Å². The minimum Gasteiger partial charge on any atom is -0.361 e. The molecule has 0 aliphatic carbocycles. The van der Waals surface area contributed by atoms with E-state index in [1.54, 1.807) is 11.3 Å². The third kappa shape index (κ3) is 3.12. The Morgan fingerprint density at radius 1 is 1.24 bits per heavy atom. The first-order valence-electron chi connectivity index (χ1n) is 8.01. The van der Waals surface area contributed by atoms with E-state index in [9.17, 15) is 0 Å². The second-order valence-corrected chi connectivity index (χ2v) is 6.97. The molecule has 0 fully saturated rings. The Kier molecular flexibility index (Phi) is 3.96. The van der Waals surface area contributed by atoms with Crippen LogP contribution in [0.3, 0.4) is 0 Å². The van der Waals surface area contributed by atoms with Gasteiger partial charge in [-0.15, -0.1) is 11.3 Å². The Hall–Kier alpha value is -2.74. The predicted octanol–water partition coefficient (Wildman–Crippen LogP) is 3.30. The van der Waals surface area contributed by atoms with Crippen LogP contribution in [-0.2, 0) is 13.0 Å². The molecule has 25 heavy (non-hydrogen) atoms. The summed E-state index contributed by atoms with van der Waals surface area (Å²) < 4.78 is 7.16. The Balaban J connectivity index is 1.53. The van der Waals surface area contributed by atoms with Gasteiger partial charge in [0, 0.05) is 28.6 Å². The highest BCUT2D eigenvalue weighted by molar-refractivity contribution is 7.09. The van der Waals surface area contributed by atoms with Crippen molar-refractivity contribution in [2.24, 2.45) is 0 Å². The van der Waals surface area contributed by atoms with Crippen LogP contribution in [0.4, 0.5) is 5.82 Å². The highest BCUT2D eigenvalue weighted by Crippen LogP contribution is 2.19. The fraction of sp³-hybridized carbons (Fsp3) is 0.294. The smallest absolute Gasteiger partial charge is 0.245 e. The van der Waals surface area contributed by atoms with Gasteiger partial charge in [0.15, 0.2) is 11.5 Å². The molecule has 8 heteroatoms. The van der Waals surface area contributed by atoms with Gasteiger partial charge in [-0.25, -0.2) is 4.98 Å². The van der Waals surface area contributed by atoms with Gasteiger partial charge in [-0.1, -0.05) is 11.2 Å². The maximum atomic E-state index is 5.34. The average Bonchev–Trinajstić information content (AvgIpc) is 3.30. The Labute approximate surface area is 148 Å². The molecule has 0 radical (unpaired) electrons. The number of fused-ring (bicyclic) bond motifs is 1. The van der Waals surface area contributed by atoms with Crippen molar-refractivity contribution < 1.29 is 4.52 Å². The van der Waals surface area contributed by atoms with Crippen LogP contribution in [0.1, 0.15) is 33.5 Å². The molecule has 4 aromatic heterocycles. The molecule has 0 unspecified atom stereocenters. The molecule has 4 aromatic rings. The fourth-order valence-corrected chi connectivity index (χ4v) is 3.35. The highest BCUT2D eigenvalue weighted by atomic mass is 32.1. The number of aryl methyl sites for hydroxylation is 3. The van der Waals surface area contributed by atoms with Gasteiger partial charge in [0.1, 0.15) is 5.82 Å². The lowest BCUT2D eigenvalue weighted by Crippen LogP contribution is -2.07. The standard InChI is InChI=1S/C17H18N6OS/c1-10-7-15(23-17(19-10)11(2)12(3)21-23)18-9-16-20-14(22-24-16)8-13-5-4-6-25-13/h4-7,18H,8-9H2,1-3H3. The molecule has 0 amide bonds. The van der Waals surface area contributed by atoms with E-state index >= 15 is 0 Å². The molecule has 0 saturated carbocycles. The van der Waals surface area contributed by atoms with Crippen molar-refractivity contribution >= 4 is 22.8 Å². The van der Waals surface area contributed by atoms with Crippen LogP contribution in [0, 0.1) is 20.8 Å². The summed E-state index contributed by atoms with van der Waals surface area (Å²) in [6.07, 6.45) is 0.692. The summed E-state index contributed by atoms with van der Waals surface area (Å²) in [4.78, 5) is 10.2. The molecule has 4 rings (SSSR count). The molecule has 0 aromatic carbocycles. The summed E-state index contributed by atoms with van der Waals surface area (Å²) in [5.74, 6) is 2.10. The lowest BCUT2D eigenvalue weighted by atomic mass is 10.3. The Bertz CT molecular complexity index is 1020. The number of anilines is 1. The van der Waals surface area contributed by atoms with E-state index < -0.39 is 0 Å². The van der Waals surface area contributed by atoms with Gasteiger partial charge in [-0.05, 0) is 32.2 Å². The maximum Gasteiger partial charge on any atom is 0.245 e. The summed E-state index contributed by atoms with van der Waals surface area (Å²) in [7, 11) is 0. The van der Waals surface area contributed by atoms with E-state index in [1.165, 1.54) is 4.88 Å². The number of thiophene rings is 1. The zero-order valence-corrected chi connectivity index (χ0v) is 15.1. The molecule has 128 valence electrons. The van der Waals surface area contributed by atoms with Crippen LogP contribution >= 0.6 is 11.3 Å². The van der Waals surface area contributed by atoms with Crippen LogP contribution in [0.5, 0.6) is 0 Å². The lowest BCUT2D eigenvalue weighted by Gasteiger charge is -2.07. The minimum absolute atomic E-state index is 0.438. The quantitative estimate of drug-likeness (QED) is 0.592. The van der Waals surface area contributed by atoms with Crippen LogP contribution in [0.25, 0.3) is 5.65 Å². The lowest BCUT2D eigenvalue weighted by molar-refractivity contribution is 0.378. The molecule has 0 atom stereocenters. The van der Waals surface area contributed by atoms with Gasteiger partial charge in [0.25, 0.3) is 0 Å². The zero-order chi connectivity index (χ0) is 17.4. The topological polar surface area (TPSA) is 81.1 Å². The fourth-order valence-electron chi connectivity index (χ4n) is 2.65. The minimum atomic E-state index is 0.438. The van der Waals surface area contributed by atoms with Crippen LogP contribution in [-0.4, -0.2) is 24.7 Å². The zero-order valence-electron chi connectivity index (χ0n) is 14.3. The third-order valence-electron chi connectivity index (χ3n) is 4.03. The van der Waals surface area contributed by atoms with Gasteiger partial charge in [-0.2, -0.15) is 14.6 Å². The Morgan fingerprint density at radius 2 is 2.12 bits per heavy atom. The average molecular weight is 354 g/mol. The SMILES string of the molecule is Cc1cc(NCc2nc(Cc3cccs3)no2)n2nc(C)c(C)c2n1. The molecule has 0 saturated heterocycles. The molecule has 1 N–H and O–H groups in total.